The molecule has 0 amide bonds. The van der Waals surface area contributed by atoms with E-state index in [1.807, 2.05) is 24.3 Å². The van der Waals surface area contributed by atoms with Crippen LogP contribution >= 0.6 is 11.3 Å². The van der Waals surface area contributed by atoms with E-state index in [0.29, 0.717) is 16.7 Å². The summed E-state index contributed by atoms with van der Waals surface area (Å²) in [6, 6.07) is 45.7. The minimum absolute atomic E-state index is 0.479. The molecule has 0 saturated carbocycles. The molecule has 0 saturated heterocycles. The number of fused-ring (bicyclic) bond motifs is 6. The van der Waals surface area contributed by atoms with Crippen LogP contribution in [0.2, 0.25) is 0 Å². The van der Waals surface area contributed by atoms with Crippen LogP contribution in [0.25, 0.3) is 75.5 Å². The number of rotatable bonds is 3. The smallest absolute Gasteiger partial charge is 0.135 e. The molecule has 0 aliphatic rings. The van der Waals surface area contributed by atoms with Gasteiger partial charge in [0.05, 0.1) is 23.3 Å². The number of hydrogen-bond donors (Lipinski definition) is 0. The molecule has 0 fully saturated rings. The first-order valence-corrected chi connectivity index (χ1v) is 14.4. The Morgan fingerprint density at radius 1 is 0.452 bits per heavy atom. The Balaban J connectivity index is 1.40. The van der Waals surface area contributed by atoms with Crippen molar-refractivity contribution in [1.82, 2.24) is 0 Å². The Hall–Kier alpha value is -5.68. The van der Waals surface area contributed by atoms with Crippen LogP contribution in [0.3, 0.4) is 0 Å². The zero-order valence-corrected chi connectivity index (χ0v) is 23.1. The van der Waals surface area contributed by atoms with Gasteiger partial charge in [-0.05, 0) is 94.5 Å². The first kappa shape index (κ1) is 24.1. The Morgan fingerprint density at radius 3 is 1.81 bits per heavy atom. The van der Waals surface area contributed by atoms with Crippen molar-refractivity contribution in [2.75, 3.05) is 0 Å². The fourth-order valence-electron chi connectivity index (χ4n) is 5.97. The summed E-state index contributed by atoms with van der Waals surface area (Å²) in [5.41, 5.74) is 8.29. The molecule has 2 aromatic heterocycles. The predicted molar refractivity (Wildman–Crippen MR) is 172 cm³/mol. The Labute approximate surface area is 245 Å². The SMILES string of the molecule is N#Cc1cccc(C#N)c1-c1cc(-c2ccc3oc4ccccc4c3c2)cc(-c2ccc3sc4ccccc4c3c2)c1. The van der Waals surface area contributed by atoms with Gasteiger partial charge in [0.25, 0.3) is 0 Å². The summed E-state index contributed by atoms with van der Waals surface area (Å²) in [5.74, 6) is 0. The second kappa shape index (κ2) is 9.46. The summed E-state index contributed by atoms with van der Waals surface area (Å²) < 4.78 is 8.60. The van der Waals surface area contributed by atoms with Crippen molar-refractivity contribution >= 4 is 53.4 Å². The lowest BCUT2D eigenvalue weighted by Gasteiger charge is -2.13. The van der Waals surface area contributed by atoms with E-state index >= 15 is 0 Å². The molecule has 0 N–H and O–H groups in total. The van der Waals surface area contributed by atoms with Gasteiger partial charge in [-0.15, -0.1) is 11.3 Å². The molecule has 0 spiro atoms. The minimum Gasteiger partial charge on any atom is -0.456 e. The quantitative estimate of drug-likeness (QED) is 0.219. The fourth-order valence-corrected chi connectivity index (χ4v) is 7.05. The summed E-state index contributed by atoms with van der Waals surface area (Å²) in [6.07, 6.45) is 0. The van der Waals surface area contributed by atoms with Crippen molar-refractivity contribution < 1.29 is 4.42 Å². The summed E-state index contributed by atoms with van der Waals surface area (Å²) >= 11 is 1.80. The van der Waals surface area contributed by atoms with Crippen molar-refractivity contribution in [2.45, 2.75) is 0 Å². The average Bonchev–Trinajstić information content (AvgIpc) is 3.61. The summed E-state index contributed by atoms with van der Waals surface area (Å²) in [5, 5.41) is 24.6. The third-order valence-corrected chi connectivity index (χ3v) is 9.10. The van der Waals surface area contributed by atoms with E-state index < -0.39 is 0 Å². The molecule has 4 heteroatoms. The number of furan rings is 1. The normalized spacial score (nSPS) is 11.3. The highest BCUT2D eigenvalue weighted by Gasteiger charge is 2.16. The summed E-state index contributed by atoms with van der Waals surface area (Å²) in [6.45, 7) is 0. The zero-order chi connectivity index (χ0) is 28.2. The molecule has 2 heterocycles. The maximum absolute atomic E-state index is 9.99. The maximum Gasteiger partial charge on any atom is 0.135 e. The van der Waals surface area contributed by atoms with Crippen molar-refractivity contribution in [3.05, 3.63) is 132 Å². The molecule has 194 valence electrons. The number of thiophene rings is 1. The molecular weight excluding hydrogens is 532 g/mol. The van der Waals surface area contributed by atoms with Gasteiger partial charge in [-0.25, -0.2) is 0 Å². The second-order valence-electron chi connectivity index (χ2n) is 10.4. The largest absolute Gasteiger partial charge is 0.456 e. The van der Waals surface area contributed by atoms with Gasteiger partial charge in [-0.3, -0.25) is 0 Å². The lowest BCUT2D eigenvalue weighted by atomic mass is 9.89. The molecule has 42 heavy (non-hydrogen) atoms. The van der Waals surface area contributed by atoms with Crippen LogP contribution in [0.1, 0.15) is 11.1 Å². The molecule has 0 aliphatic carbocycles. The second-order valence-corrected chi connectivity index (χ2v) is 11.5. The van der Waals surface area contributed by atoms with Crippen LogP contribution in [-0.4, -0.2) is 0 Å². The van der Waals surface area contributed by atoms with Crippen molar-refractivity contribution in [2.24, 2.45) is 0 Å². The van der Waals surface area contributed by atoms with Gasteiger partial charge in [0.2, 0.25) is 0 Å². The predicted octanol–water partition coefficient (Wildman–Crippen LogP) is 10.7. The van der Waals surface area contributed by atoms with E-state index in [9.17, 15) is 10.5 Å². The molecular formula is C38H20N2OS. The zero-order valence-electron chi connectivity index (χ0n) is 22.3. The molecule has 0 unspecified atom stereocenters. The highest BCUT2D eigenvalue weighted by Crippen LogP contribution is 2.40. The molecule has 0 bridgehead atoms. The van der Waals surface area contributed by atoms with E-state index in [0.717, 1.165) is 49.8 Å². The Bertz CT molecular complexity index is 2280. The number of nitrogens with zero attached hydrogens (tertiary/aromatic N) is 2. The standard InChI is InChI=1S/C38H20N2OS/c39-21-25-6-5-7-26(22-40)38(25)29-17-27(23-12-14-35-32(19-23)30-8-1-3-10-34(30)41-35)16-28(18-29)24-13-15-37-33(20-24)31-9-2-4-11-36(31)42-37/h1-20H. The van der Waals surface area contributed by atoms with Gasteiger partial charge in [0, 0.05) is 36.5 Å². The maximum atomic E-state index is 9.99. The average molecular weight is 553 g/mol. The van der Waals surface area contributed by atoms with Crippen LogP contribution in [-0.2, 0) is 0 Å². The van der Waals surface area contributed by atoms with Crippen LogP contribution in [0.5, 0.6) is 0 Å². The van der Waals surface area contributed by atoms with E-state index in [1.165, 1.54) is 20.2 Å². The first-order chi connectivity index (χ1) is 20.7. The summed E-state index contributed by atoms with van der Waals surface area (Å²) in [4.78, 5) is 0. The number of hydrogen-bond acceptors (Lipinski definition) is 4. The number of nitriles is 2. The topological polar surface area (TPSA) is 60.7 Å². The van der Waals surface area contributed by atoms with Crippen LogP contribution in [0, 0.1) is 22.7 Å². The van der Waals surface area contributed by atoms with Gasteiger partial charge < -0.3 is 4.42 Å². The molecule has 8 rings (SSSR count). The van der Waals surface area contributed by atoms with E-state index in [2.05, 4.69) is 91.0 Å². The Kier molecular flexibility index (Phi) is 5.44. The van der Waals surface area contributed by atoms with Gasteiger partial charge in [-0.1, -0.05) is 54.6 Å². The molecule has 0 aliphatic heterocycles. The van der Waals surface area contributed by atoms with Gasteiger partial charge in [0.1, 0.15) is 11.2 Å². The minimum atomic E-state index is 0.479. The van der Waals surface area contributed by atoms with Crippen LogP contribution in [0.4, 0.5) is 0 Å². The fraction of sp³-hybridized carbons (Fsp3) is 0. The Morgan fingerprint density at radius 2 is 1.05 bits per heavy atom. The third kappa shape index (κ3) is 3.79. The van der Waals surface area contributed by atoms with Gasteiger partial charge in [0.15, 0.2) is 0 Å². The number of para-hydroxylation sites is 1. The van der Waals surface area contributed by atoms with Crippen LogP contribution in [0.15, 0.2) is 126 Å². The van der Waals surface area contributed by atoms with E-state index in [1.54, 1.807) is 29.5 Å². The van der Waals surface area contributed by atoms with Gasteiger partial charge in [-0.2, -0.15) is 10.5 Å². The van der Waals surface area contributed by atoms with Crippen molar-refractivity contribution in [3.63, 3.8) is 0 Å². The lowest BCUT2D eigenvalue weighted by Crippen LogP contribution is -1.92. The van der Waals surface area contributed by atoms with Crippen LogP contribution < -0.4 is 0 Å². The number of benzene rings is 6. The molecule has 6 aromatic carbocycles. The first-order valence-electron chi connectivity index (χ1n) is 13.6. The van der Waals surface area contributed by atoms with E-state index in [4.69, 9.17) is 4.42 Å². The van der Waals surface area contributed by atoms with Crippen molar-refractivity contribution in [1.29, 1.82) is 10.5 Å². The molecule has 8 aromatic rings. The van der Waals surface area contributed by atoms with E-state index in [-0.39, 0.29) is 0 Å². The van der Waals surface area contributed by atoms with Crippen molar-refractivity contribution in [3.8, 4) is 45.5 Å². The van der Waals surface area contributed by atoms with Gasteiger partial charge >= 0.3 is 0 Å². The molecule has 3 nitrogen and oxygen atoms in total. The monoisotopic (exact) mass is 552 g/mol. The third-order valence-electron chi connectivity index (χ3n) is 7.95. The molecule has 0 atom stereocenters. The molecule has 0 radical (unpaired) electrons. The highest BCUT2D eigenvalue weighted by molar-refractivity contribution is 7.25. The summed E-state index contributed by atoms with van der Waals surface area (Å²) in [7, 11) is 0. The lowest BCUT2D eigenvalue weighted by molar-refractivity contribution is 0.669. The highest BCUT2D eigenvalue weighted by atomic mass is 32.1.